The Hall–Kier alpha value is -2.97. The van der Waals surface area contributed by atoms with Gasteiger partial charge in [-0.15, -0.1) is 10.2 Å². The lowest BCUT2D eigenvalue weighted by molar-refractivity contribution is -0.154. The van der Waals surface area contributed by atoms with Crippen LogP contribution in [0.3, 0.4) is 0 Å². The molecule has 0 atom stereocenters. The van der Waals surface area contributed by atoms with Gasteiger partial charge in [0.1, 0.15) is 18.5 Å². The second-order valence-electron chi connectivity index (χ2n) is 6.61. The van der Waals surface area contributed by atoms with Crippen molar-refractivity contribution in [2.45, 2.75) is 19.3 Å². The highest BCUT2D eigenvalue weighted by Crippen LogP contribution is 2.29. The average molecular weight is 437 g/mol. The van der Waals surface area contributed by atoms with E-state index in [1.54, 1.807) is 18.4 Å². The normalized spacial score (nSPS) is 11.2. The maximum Gasteiger partial charge on any atom is 0.342 e. The maximum absolute atomic E-state index is 13.1. The molecule has 7 nitrogen and oxygen atoms in total. The summed E-state index contributed by atoms with van der Waals surface area (Å²) in [5.41, 5.74) is 1.94. The molecule has 0 unspecified atom stereocenters. The first-order chi connectivity index (χ1) is 13.7. The number of nitrogens with one attached hydrogen (secondary N) is 1. The lowest BCUT2D eigenvalue weighted by Crippen LogP contribution is -2.37. The first kappa shape index (κ1) is 20.8. The van der Waals surface area contributed by atoms with Gasteiger partial charge in [-0.3, -0.25) is 9.36 Å². The Kier molecular flexibility index (Phi) is 5.86. The SMILES string of the molecule is CC(C)(C(=O)ONC(=O)c1c(Cl)cc(-n2cnnc2)cc1Cl)c1ccc(F)cc1. The third kappa shape index (κ3) is 4.38. The maximum atomic E-state index is 13.1. The van der Waals surface area contributed by atoms with Crippen molar-refractivity contribution in [1.82, 2.24) is 20.2 Å². The van der Waals surface area contributed by atoms with Crippen molar-refractivity contribution in [3.05, 3.63) is 76.0 Å². The predicted molar refractivity (Wildman–Crippen MR) is 104 cm³/mol. The van der Waals surface area contributed by atoms with Crippen molar-refractivity contribution in [2.24, 2.45) is 0 Å². The summed E-state index contributed by atoms with van der Waals surface area (Å²) in [6, 6.07) is 8.40. The van der Waals surface area contributed by atoms with Crippen LogP contribution < -0.4 is 5.48 Å². The summed E-state index contributed by atoms with van der Waals surface area (Å²) in [4.78, 5) is 29.9. The first-order valence-electron chi connectivity index (χ1n) is 8.32. The van der Waals surface area contributed by atoms with Gasteiger partial charge in [0.2, 0.25) is 0 Å². The zero-order valence-electron chi connectivity index (χ0n) is 15.3. The molecule has 1 N–H and O–H groups in total. The monoisotopic (exact) mass is 436 g/mol. The highest BCUT2D eigenvalue weighted by atomic mass is 35.5. The Morgan fingerprint density at radius 1 is 1.07 bits per heavy atom. The summed E-state index contributed by atoms with van der Waals surface area (Å²) in [6.45, 7) is 3.17. The van der Waals surface area contributed by atoms with Crippen LogP contribution in [0, 0.1) is 5.82 Å². The summed E-state index contributed by atoms with van der Waals surface area (Å²) in [7, 11) is 0. The van der Waals surface area contributed by atoms with E-state index in [4.69, 9.17) is 28.0 Å². The van der Waals surface area contributed by atoms with E-state index in [0.717, 1.165) is 0 Å². The van der Waals surface area contributed by atoms with Crippen LogP contribution in [0.1, 0.15) is 29.8 Å². The zero-order chi connectivity index (χ0) is 21.2. The standard InChI is InChI=1S/C19H15Cl2FN4O3/c1-19(2,11-3-5-12(22)6-4-11)18(28)29-25-17(27)16-14(20)7-13(8-15(16)21)26-9-23-24-10-26/h3-10H,1-2H3,(H,25,27). The quantitative estimate of drug-likeness (QED) is 0.627. The number of carbonyl (C=O) groups excluding carboxylic acids is 2. The molecular weight excluding hydrogens is 422 g/mol. The van der Waals surface area contributed by atoms with Crippen LogP contribution in [-0.4, -0.2) is 26.6 Å². The lowest BCUT2D eigenvalue weighted by Gasteiger charge is -2.22. The molecule has 29 heavy (non-hydrogen) atoms. The van der Waals surface area contributed by atoms with Crippen LogP contribution in [-0.2, 0) is 15.0 Å². The zero-order valence-corrected chi connectivity index (χ0v) is 16.8. The number of hydrogen-bond acceptors (Lipinski definition) is 5. The number of carbonyl (C=O) groups is 2. The molecule has 0 radical (unpaired) electrons. The molecule has 0 fully saturated rings. The van der Waals surface area contributed by atoms with Crippen LogP contribution in [0.25, 0.3) is 5.69 Å². The van der Waals surface area contributed by atoms with Gasteiger partial charge in [-0.2, -0.15) is 5.48 Å². The minimum Gasteiger partial charge on any atom is -0.340 e. The van der Waals surface area contributed by atoms with E-state index in [9.17, 15) is 14.0 Å². The highest BCUT2D eigenvalue weighted by Gasteiger charge is 2.33. The van der Waals surface area contributed by atoms with Gasteiger partial charge >= 0.3 is 5.97 Å². The smallest absolute Gasteiger partial charge is 0.340 e. The minimum atomic E-state index is -1.13. The number of hydroxylamine groups is 1. The molecule has 0 saturated heterocycles. The van der Waals surface area contributed by atoms with Crippen molar-refractivity contribution >= 4 is 35.1 Å². The Bertz CT molecular complexity index is 1030. The molecule has 1 amide bonds. The van der Waals surface area contributed by atoms with Gasteiger partial charge < -0.3 is 4.84 Å². The molecule has 0 bridgehead atoms. The van der Waals surface area contributed by atoms with Crippen molar-refractivity contribution in [3.8, 4) is 5.69 Å². The van der Waals surface area contributed by atoms with Gasteiger partial charge in [0.25, 0.3) is 5.91 Å². The lowest BCUT2D eigenvalue weighted by atomic mass is 9.85. The third-order valence-electron chi connectivity index (χ3n) is 4.28. The Morgan fingerprint density at radius 3 is 2.17 bits per heavy atom. The van der Waals surface area contributed by atoms with Crippen LogP contribution in [0.2, 0.25) is 10.0 Å². The molecule has 0 aliphatic rings. The van der Waals surface area contributed by atoms with E-state index in [-0.39, 0.29) is 15.6 Å². The van der Waals surface area contributed by atoms with Crippen LogP contribution in [0.5, 0.6) is 0 Å². The number of benzene rings is 2. The summed E-state index contributed by atoms with van der Waals surface area (Å²) in [5.74, 6) is -1.96. The summed E-state index contributed by atoms with van der Waals surface area (Å²) in [5, 5.41) is 7.47. The van der Waals surface area contributed by atoms with Gasteiger partial charge in [-0.1, -0.05) is 35.3 Å². The number of amides is 1. The van der Waals surface area contributed by atoms with E-state index in [1.807, 2.05) is 0 Å². The number of nitrogens with zero attached hydrogens (tertiary/aromatic N) is 3. The van der Waals surface area contributed by atoms with E-state index < -0.39 is 23.1 Å². The molecule has 1 heterocycles. The fourth-order valence-electron chi connectivity index (χ4n) is 2.52. The molecule has 150 valence electrons. The fourth-order valence-corrected chi connectivity index (χ4v) is 3.16. The highest BCUT2D eigenvalue weighted by molar-refractivity contribution is 6.40. The van der Waals surface area contributed by atoms with Crippen LogP contribution in [0.4, 0.5) is 4.39 Å². The van der Waals surface area contributed by atoms with E-state index in [0.29, 0.717) is 11.3 Å². The molecule has 2 aromatic carbocycles. The van der Waals surface area contributed by atoms with E-state index in [2.05, 4.69) is 15.7 Å². The molecule has 0 saturated carbocycles. The summed E-state index contributed by atoms with van der Waals surface area (Å²) >= 11 is 12.4. The summed E-state index contributed by atoms with van der Waals surface area (Å²) < 4.78 is 14.7. The Balaban J connectivity index is 1.73. The van der Waals surface area contributed by atoms with Gasteiger partial charge in [-0.05, 0) is 43.7 Å². The molecule has 0 aliphatic heterocycles. The molecular formula is C19H15Cl2FN4O3. The van der Waals surface area contributed by atoms with Crippen molar-refractivity contribution in [2.75, 3.05) is 0 Å². The van der Waals surface area contributed by atoms with Crippen molar-refractivity contribution < 1.29 is 18.8 Å². The van der Waals surface area contributed by atoms with Gasteiger partial charge in [0, 0.05) is 0 Å². The van der Waals surface area contributed by atoms with Gasteiger partial charge in [-0.25, -0.2) is 9.18 Å². The fraction of sp³-hybridized carbons (Fsp3) is 0.158. The van der Waals surface area contributed by atoms with E-state index >= 15 is 0 Å². The van der Waals surface area contributed by atoms with Crippen molar-refractivity contribution in [1.29, 1.82) is 0 Å². The van der Waals surface area contributed by atoms with Crippen molar-refractivity contribution in [3.63, 3.8) is 0 Å². The molecule has 0 spiro atoms. The second-order valence-corrected chi connectivity index (χ2v) is 7.42. The number of aromatic nitrogens is 3. The average Bonchev–Trinajstić information content (AvgIpc) is 3.20. The van der Waals surface area contributed by atoms with Gasteiger partial charge in [0.15, 0.2) is 0 Å². The third-order valence-corrected chi connectivity index (χ3v) is 4.88. The topological polar surface area (TPSA) is 86.1 Å². The summed E-state index contributed by atoms with van der Waals surface area (Å²) in [6.07, 6.45) is 2.89. The number of rotatable bonds is 4. The minimum absolute atomic E-state index is 0.0487. The molecule has 0 aliphatic carbocycles. The number of halogens is 3. The van der Waals surface area contributed by atoms with Crippen LogP contribution >= 0.6 is 23.2 Å². The second kappa shape index (κ2) is 8.18. The Labute approximate surface area is 175 Å². The largest absolute Gasteiger partial charge is 0.342 e. The molecule has 1 aromatic heterocycles. The molecule has 3 aromatic rings. The van der Waals surface area contributed by atoms with E-state index in [1.165, 1.54) is 49.1 Å². The van der Waals surface area contributed by atoms with Gasteiger partial charge in [0.05, 0.1) is 26.7 Å². The predicted octanol–water partition coefficient (Wildman–Crippen LogP) is 3.88. The first-order valence-corrected chi connectivity index (χ1v) is 9.07. The molecule has 10 heteroatoms. The molecule has 3 rings (SSSR count). The number of hydrogen-bond donors (Lipinski definition) is 1. The Morgan fingerprint density at radius 2 is 1.62 bits per heavy atom. The van der Waals surface area contributed by atoms with Crippen LogP contribution in [0.15, 0.2) is 49.1 Å².